The van der Waals surface area contributed by atoms with Gasteiger partial charge >= 0.3 is 0 Å². The molecule has 5 heteroatoms. The number of hydrogen-bond donors (Lipinski definition) is 1. The van der Waals surface area contributed by atoms with Gasteiger partial charge in [0.2, 0.25) is 0 Å². The van der Waals surface area contributed by atoms with E-state index in [1.165, 1.54) is 11.1 Å². The van der Waals surface area contributed by atoms with Crippen LogP contribution < -0.4 is 24.3 Å². The van der Waals surface area contributed by atoms with E-state index in [-0.39, 0.29) is 6.04 Å². The van der Waals surface area contributed by atoms with Crippen molar-refractivity contribution in [3.63, 3.8) is 0 Å². The zero-order chi connectivity index (χ0) is 17.8. The van der Waals surface area contributed by atoms with E-state index in [1.807, 2.05) is 31.2 Å². The van der Waals surface area contributed by atoms with E-state index in [1.54, 1.807) is 21.3 Å². The molecule has 0 saturated heterocycles. The summed E-state index contributed by atoms with van der Waals surface area (Å²) in [6.45, 7) is 3.45. The summed E-state index contributed by atoms with van der Waals surface area (Å²) in [5.41, 5.74) is 3.42. The maximum absolute atomic E-state index is 5.90. The highest BCUT2D eigenvalue weighted by molar-refractivity contribution is 5.56. The molecule has 5 nitrogen and oxygen atoms in total. The lowest BCUT2D eigenvalue weighted by atomic mass is 9.88. The fourth-order valence-corrected chi connectivity index (χ4v) is 3.41. The molecule has 1 N–H and O–H groups in total. The van der Waals surface area contributed by atoms with Crippen LogP contribution in [0.1, 0.15) is 29.7 Å². The van der Waals surface area contributed by atoms with E-state index in [4.69, 9.17) is 18.9 Å². The summed E-state index contributed by atoms with van der Waals surface area (Å²) < 4.78 is 22.4. The average Bonchev–Trinajstić information content (AvgIpc) is 2.67. The minimum atomic E-state index is 0.0129. The first-order valence-corrected chi connectivity index (χ1v) is 8.51. The van der Waals surface area contributed by atoms with Crippen molar-refractivity contribution in [3.05, 3.63) is 47.0 Å². The quantitative estimate of drug-likeness (QED) is 0.872. The predicted molar refractivity (Wildman–Crippen MR) is 97.3 cm³/mol. The molecule has 1 heterocycles. The third-order valence-corrected chi connectivity index (χ3v) is 4.55. The minimum Gasteiger partial charge on any atom is -0.497 e. The van der Waals surface area contributed by atoms with Gasteiger partial charge in [-0.15, -0.1) is 0 Å². The molecule has 134 valence electrons. The highest BCUT2D eigenvalue weighted by Crippen LogP contribution is 2.42. The second kappa shape index (κ2) is 7.66. The van der Waals surface area contributed by atoms with Crippen LogP contribution in [0.3, 0.4) is 0 Å². The largest absolute Gasteiger partial charge is 0.497 e. The normalized spacial score (nSPS) is 16.1. The minimum absolute atomic E-state index is 0.0129. The molecule has 0 fully saturated rings. The molecule has 0 aromatic heterocycles. The molecule has 0 amide bonds. The molecule has 0 spiro atoms. The fraction of sp³-hybridized carbons (Fsp3) is 0.400. The lowest BCUT2D eigenvalue weighted by Gasteiger charge is -2.30. The summed E-state index contributed by atoms with van der Waals surface area (Å²) >= 11 is 0. The van der Waals surface area contributed by atoms with Gasteiger partial charge in [0.15, 0.2) is 11.5 Å². The third kappa shape index (κ3) is 3.24. The lowest BCUT2D eigenvalue weighted by molar-refractivity contribution is 0.305. The molecule has 1 atom stereocenters. The smallest absolute Gasteiger partial charge is 0.164 e. The van der Waals surface area contributed by atoms with Crippen molar-refractivity contribution < 1.29 is 18.9 Å². The first kappa shape index (κ1) is 17.4. The Labute approximate surface area is 148 Å². The third-order valence-electron chi connectivity index (χ3n) is 4.55. The van der Waals surface area contributed by atoms with Crippen molar-refractivity contribution in [3.8, 4) is 23.0 Å². The summed E-state index contributed by atoms with van der Waals surface area (Å²) in [6, 6.07) is 9.96. The molecule has 0 aliphatic carbocycles. The average molecular weight is 343 g/mol. The van der Waals surface area contributed by atoms with Crippen LogP contribution in [0.4, 0.5) is 0 Å². The van der Waals surface area contributed by atoms with Crippen molar-refractivity contribution in [1.82, 2.24) is 5.32 Å². The van der Waals surface area contributed by atoms with E-state index in [0.29, 0.717) is 6.61 Å². The number of rotatable bonds is 6. The molecule has 2 aromatic rings. The van der Waals surface area contributed by atoms with E-state index in [9.17, 15) is 0 Å². The SMILES string of the molecule is CCOc1c(OC)ccc2c1CCNC2c1cc(OC)ccc1OC. The molecular formula is C20H25NO4. The molecule has 0 bridgehead atoms. The summed E-state index contributed by atoms with van der Waals surface area (Å²) in [4.78, 5) is 0. The molecule has 1 aliphatic rings. The zero-order valence-corrected chi connectivity index (χ0v) is 15.2. The number of fused-ring (bicyclic) bond motifs is 1. The molecule has 1 aliphatic heterocycles. The van der Waals surface area contributed by atoms with Crippen molar-refractivity contribution >= 4 is 0 Å². The van der Waals surface area contributed by atoms with Gasteiger partial charge in [0.05, 0.1) is 34.0 Å². The first-order valence-electron chi connectivity index (χ1n) is 8.51. The predicted octanol–water partition coefficient (Wildman–Crippen LogP) is 3.35. The van der Waals surface area contributed by atoms with Gasteiger partial charge in [-0.25, -0.2) is 0 Å². The Balaban J connectivity index is 2.13. The number of benzene rings is 2. The Bertz CT molecular complexity index is 745. The van der Waals surface area contributed by atoms with Crippen LogP contribution in [0.5, 0.6) is 23.0 Å². The van der Waals surface area contributed by atoms with Gasteiger partial charge in [-0.1, -0.05) is 6.07 Å². The first-order chi connectivity index (χ1) is 12.2. The molecule has 1 unspecified atom stereocenters. The van der Waals surface area contributed by atoms with Crippen LogP contribution in [-0.2, 0) is 6.42 Å². The lowest BCUT2D eigenvalue weighted by Crippen LogP contribution is -2.31. The maximum Gasteiger partial charge on any atom is 0.164 e. The van der Waals surface area contributed by atoms with Crippen LogP contribution in [0.15, 0.2) is 30.3 Å². The van der Waals surface area contributed by atoms with Crippen LogP contribution in [0.2, 0.25) is 0 Å². The highest BCUT2D eigenvalue weighted by Gasteiger charge is 2.28. The van der Waals surface area contributed by atoms with Crippen molar-refractivity contribution in [2.45, 2.75) is 19.4 Å². The maximum atomic E-state index is 5.90. The van der Waals surface area contributed by atoms with Crippen molar-refractivity contribution in [2.24, 2.45) is 0 Å². The van der Waals surface area contributed by atoms with E-state index in [0.717, 1.165) is 41.5 Å². The summed E-state index contributed by atoms with van der Waals surface area (Å²) in [7, 11) is 5.04. The Morgan fingerprint density at radius 3 is 2.40 bits per heavy atom. The Kier molecular flexibility index (Phi) is 5.34. The summed E-state index contributed by atoms with van der Waals surface area (Å²) in [5.74, 6) is 3.26. The number of nitrogens with one attached hydrogen (secondary N) is 1. The Morgan fingerprint density at radius 1 is 0.960 bits per heavy atom. The van der Waals surface area contributed by atoms with E-state index < -0.39 is 0 Å². The fourth-order valence-electron chi connectivity index (χ4n) is 3.41. The topological polar surface area (TPSA) is 49.0 Å². The molecular weight excluding hydrogens is 318 g/mol. The van der Waals surface area contributed by atoms with Gasteiger partial charge in [0.1, 0.15) is 11.5 Å². The molecule has 2 aromatic carbocycles. The van der Waals surface area contributed by atoms with Crippen molar-refractivity contribution in [1.29, 1.82) is 0 Å². The van der Waals surface area contributed by atoms with E-state index in [2.05, 4.69) is 11.4 Å². The number of methoxy groups -OCH3 is 3. The van der Waals surface area contributed by atoms with Crippen molar-refractivity contribution in [2.75, 3.05) is 34.5 Å². The monoisotopic (exact) mass is 343 g/mol. The number of ether oxygens (including phenoxy) is 4. The van der Waals surface area contributed by atoms with Crippen LogP contribution in [-0.4, -0.2) is 34.5 Å². The van der Waals surface area contributed by atoms with Crippen LogP contribution in [0, 0.1) is 0 Å². The Morgan fingerprint density at radius 2 is 1.72 bits per heavy atom. The summed E-state index contributed by atoms with van der Waals surface area (Å²) in [6.07, 6.45) is 0.894. The van der Waals surface area contributed by atoms with Gasteiger partial charge in [0, 0.05) is 17.7 Å². The Hall–Kier alpha value is -2.40. The zero-order valence-electron chi connectivity index (χ0n) is 15.2. The second-order valence-corrected chi connectivity index (χ2v) is 5.84. The molecule has 25 heavy (non-hydrogen) atoms. The van der Waals surface area contributed by atoms with Gasteiger partial charge < -0.3 is 24.3 Å². The van der Waals surface area contributed by atoms with Gasteiger partial charge in [-0.05, 0) is 43.2 Å². The van der Waals surface area contributed by atoms with Crippen LogP contribution in [0.25, 0.3) is 0 Å². The highest BCUT2D eigenvalue weighted by atomic mass is 16.5. The molecule has 0 radical (unpaired) electrons. The second-order valence-electron chi connectivity index (χ2n) is 5.84. The van der Waals surface area contributed by atoms with E-state index >= 15 is 0 Å². The standard InChI is InChI=1S/C20H25NO4/c1-5-25-20-15-10-11-21-19(14(15)7-9-18(20)24-4)16-12-13(22-2)6-8-17(16)23-3/h6-9,12,19,21H,5,10-11H2,1-4H3. The number of hydrogen-bond acceptors (Lipinski definition) is 5. The van der Waals surface area contributed by atoms with Gasteiger partial charge in [0.25, 0.3) is 0 Å². The summed E-state index contributed by atoms with van der Waals surface area (Å²) in [5, 5.41) is 3.59. The van der Waals surface area contributed by atoms with Gasteiger partial charge in [-0.3, -0.25) is 0 Å². The van der Waals surface area contributed by atoms with Gasteiger partial charge in [-0.2, -0.15) is 0 Å². The molecule has 3 rings (SSSR count). The molecule has 0 saturated carbocycles. The van der Waals surface area contributed by atoms with Crippen LogP contribution >= 0.6 is 0 Å².